The van der Waals surface area contributed by atoms with Crippen molar-refractivity contribution < 1.29 is 0 Å². The minimum atomic E-state index is 0.723. The molecule has 0 atom stereocenters. The van der Waals surface area contributed by atoms with Crippen molar-refractivity contribution in [1.29, 1.82) is 5.26 Å². The van der Waals surface area contributed by atoms with Gasteiger partial charge < -0.3 is 0 Å². The fourth-order valence-electron chi connectivity index (χ4n) is 2.38. The molecule has 0 bridgehead atoms. The summed E-state index contributed by atoms with van der Waals surface area (Å²) in [4.78, 5) is 0. The second-order valence-electron chi connectivity index (χ2n) is 5.61. The van der Waals surface area contributed by atoms with E-state index < -0.39 is 0 Å². The van der Waals surface area contributed by atoms with Crippen LogP contribution in [0.3, 0.4) is 0 Å². The summed E-state index contributed by atoms with van der Waals surface area (Å²) in [5, 5.41) is 8.38. The van der Waals surface area contributed by atoms with E-state index in [4.69, 9.17) is 5.26 Å². The van der Waals surface area contributed by atoms with E-state index in [0.29, 0.717) is 0 Å². The molecule has 0 heterocycles. The van der Waals surface area contributed by atoms with Gasteiger partial charge in [-0.2, -0.15) is 5.26 Å². The second-order valence-corrected chi connectivity index (χ2v) is 5.61. The highest BCUT2D eigenvalue weighted by atomic mass is 14.2. The Morgan fingerprint density at radius 1 is 0.609 bits per heavy atom. The molecule has 3 rings (SSSR count). The van der Waals surface area contributed by atoms with E-state index in [0.717, 1.165) is 5.56 Å². The molecule has 0 amide bonds. The smallest absolute Gasteiger partial charge is 0.0991 e. The zero-order valence-electron chi connectivity index (χ0n) is 13.9. The molecule has 0 aromatic heterocycles. The van der Waals surface area contributed by atoms with Crippen LogP contribution < -0.4 is 0 Å². The van der Waals surface area contributed by atoms with Gasteiger partial charge in [0.2, 0.25) is 0 Å². The first kappa shape index (κ1) is 16.5. The van der Waals surface area contributed by atoms with Gasteiger partial charge >= 0.3 is 0 Å². The van der Waals surface area contributed by atoms with Crippen molar-refractivity contribution in [2.45, 2.75) is 20.8 Å². The summed E-state index contributed by atoms with van der Waals surface area (Å²) in [6, 6.07) is 26.6. The van der Waals surface area contributed by atoms with Gasteiger partial charge in [0.1, 0.15) is 0 Å². The summed E-state index contributed by atoms with van der Waals surface area (Å²) in [7, 11) is 0. The zero-order chi connectivity index (χ0) is 16.7. The molecule has 0 saturated carbocycles. The lowest BCUT2D eigenvalue weighted by atomic mass is 9.97. The summed E-state index contributed by atoms with van der Waals surface area (Å²) in [6.45, 7) is 6.31. The molecular weight excluding hydrogens is 278 g/mol. The van der Waals surface area contributed by atoms with Gasteiger partial charge in [0.05, 0.1) is 11.6 Å². The van der Waals surface area contributed by atoms with E-state index >= 15 is 0 Å². The van der Waals surface area contributed by atoms with Gasteiger partial charge in [-0.1, -0.05) is 66.2 Å². The molecule has 1 heteroatoms. The topological polar surface area (TPSA) is 23.8 Å². The lowest BCUT2D eigenvalue weighted by Gasteiger charge is -2.08. The van der Waals surface area contributed by atoms with Crippen molar-refractivity contribution >= 4 is 0 Å². The lowest BCUT2D eigenvalue weighted by molar-refractivity contribution is 1.41. The number of hydrogen-bond donors (Lipinski definition) is 0. The molecule has 0 aliphatic carbocycles. The maximum absolute atomic E-state index is 8.38. The van der Waals surface area contributed by atoms with Gasteiger partial charge in [-0.05, 0) is 55.2 Å². The molecule has 0 aliphatic rings. The first-order valence-electron chi connectivity index (χ1n) is 7.70. The monoisotopic (exact) mass is 299 g/mol. The van der Waals surface area contributed by atoms with Crippen LogP contribution in [-0.2, 0) is 0 Å². The third-order valence-corrected chi connectivity index (χ3v) is 3.76. The Hall–Kier alpha value is -2.85. The van der Waals surface area contributed by atoms with E-state index in [9.17, 15) is 0 Å². The van der Waals surface area contributed by atoms with Crippen molar-refractivity contribution in [2.24, 2.45) is 0 Å². The van der Waals surface area contributed by atoms with Crippen LogP contribution in [-0.4, -0.2) is 0 Å². The lowest BCUT2D eigenvalue weighted by Crippen LogP contribution is -1.85. The van der Waals surface area contributed by atoms with E-state index in [-0.39, 0.29) is 0 Å². The Bertz CT molecular complexity index is 764. The van der Waals surface area contributed by atoms with Gasteiger partial charge in [0.25, 0.3) is 0 Å². The molecule has 0 unspecified atom stereocenters. The second kappa shape index (κ2) is 7.96. The van der Waals surface area contributed by atoms with Crippen LogP contribution in [0.2, 0.25) is 0 Å². The average Bonchev–Trinajstić information content (AvgIpc) is 2.57. The van der Waals surface area contributed by atoms with Crippen LogP contribution in [0.25, 0.3) is 11.1 Å². The number of benzene rings is 3. The first-order valence-corrected chi connectivity index (χ1v) is 7.70. The van der Waals surface area contributed by atoms with Crippen LogP contribution in [0.4, 0.5) is 0 Å². The number of aryl methyl sites for hydroxylation is 3. The third-order valence-electron chi connectivity index (χ3n) is 3.76. The van der Waals surface area contributed by atoms with Crippen LogP contribution in [0, 0.1) is 32.1 Å². The standard InChI is InChI=1S/C14H14.C8H7N/c1-11-7-3-5-9-13(11)14-10-6-4-8-12(14)2;1-7-2-4-8(6-9)5-3-7/h3-10H,1-2H3;2-5H,1H3. The molecule has 114 valence electrons. The number of hydrogen-bond acceptors (Lipinski definition) is 1. The SMILES string of the molecule is Cc1ccc(C#N)cc1.Cc1ccccc1-c1ccccc1C. The van der Waals surface area contributed by atoms with Crippen LogP contribution >= 0.6 is 0 Å². The molecule has 0 fully saturated rings. The minimum absolute atomic E-state index is 0.723. The summed E-state index contributed by atoms with van der Waals surface area (Å²) in [5.74, 6) is 0. The largest absolute Gasteiger partial charge is 0.192 e. The first-order chi connectivity index (χ1) is 11.1. The van der Waals surface area contributed by atoms with Crippen molar-refractivity contribution in [2.75, 3.05) is 0 Å². The molecule has 0 spiro atoms. The Morgan fingerprint density at radius 3 is 1.43 bits per heavy atom. The Labute approximate surface area is 138 Å². The highest BCUT2D eigenvalue weighted by Crippen LogP contribution is 2.25. The van der Waals surface area contributed by atoms with Gasteiger partial charge in [-0.15, -0.1) is 0 Å². The molecule has 0 radical (unpaired) electrons. The molecule has 0 aliphatic heterocycles. The van der Waals surface area contributed by atoms with Crippen molar-refractivity contribution in [3.63, 3.8) is 0 Å². The van der Waals surface area contributed by atoms with Crippen LogP contribution in [0.15, 0.2) is 72.8 Å². The average molecular weight is 299 g/mol. The van der Waals surface area contributed by atoms with E-state index in [1.54, 1.807) is 0 Å². The van der Waals surface area contributed by atoms with E-state index in [2.05, 4.69) is 68.4 Å². The zero-order valence-corrected chi connectivity index (χ0v) is 13.9. The maximum Gasteiger partial charge on any atom is 0.0991 e. The molecule has 0 N–H and O–H groups in total. The molecule has 23 heavy (non-hydrogen) atoms. The molecule has 0 saturated heterocycles. The fourth-order valence-corrected chi connectivity index (χ4v) is 2.38. The molecular formula is C22H21N. The van der Waals surface area contributed by atoms with Crippen molar-refractivity contribution in [1.82, 2.24) is 0 Å². The molecule has 1 nitrogen and oxygen atoms in total. The summed E-state index contributed by atoms with van der Waals surface area (Å²) in [6.07, 6.45) is 0. The van der Waals surface area contributed by atoms with E-state index in [1.807, 2.05) is 31.2 Å². The maximum atomic E-state index is 8.38. The summed E-state index contributed by atoms with van der Waals surface area (Å²) < 4.78 is 0. The highest BCUT2D eigenvalue weighted by Gasteiger charge is 2.02. The number of nitriles is 1. The molecule has 3 aromatic rings. The van der Waals surface area contributed by atoms with Gasteiger partial charge in [0.15, 0.2) is 0 Å². The Kier molecular flexibility index (Phi) is 5.72. The summed E-state index contributed by atoms with van der Waals surface area (Å²) in [5.41, 5.74) is 7.26. The van der Waals surface area contributed by atoms with Crippen molar-refractivity contribution in [3.8, 4) is 17.2 Å². The third kappa shape index (κ3) is 4.56. The minimum Gasteiger partial charge on any atom is -0.192 e. The Morgan fingerprint density at radius 2 is 1.04 bits per heavy atom. The van der Waals surface area contributed by atoms with Crippen molar-refractivity contribution in [3.05, 3.63) is 95.1 Å². The summed E-state index contributed by atoms with van der Waals surface area (Å²) >= 11 is 0. The van der Waals surface area contributed by atoms with Gasteiger partial charge in [0, 0.05) is 0 Å². The van der Waals surface area contributed by atoms with E-state index in [1.165, 1.54) is 27.8 Å². The molecule has 3 aromatic carbocycles. The fraction of sp³-hybridized carbons (Fsp3) is 0.136. The predicted octanol–water partition coefficient (Wildman–Crippen LogP) is 5.84. The van der Waals surface area contributed by atoms with Gasteiger partial charge in [-0.3, -0.25) is 0 Å². The van der Waals surface area contributed by atoms with Gasteiger partial charge in [-0.25, -0.2) is 0 Å². The van der Waals surface area contributed by atoms with Crippen LogP contribution in [0.5, 0.6) is 0 Å². The predicted molar refractivity (Wildman–Crippen MR) is 97.2 cm³/mol. The normalized spacial score (nSPS) is 9.48. The number of nitrogens with zero attached hydrogens (tertiary/aromatic N) is 1. The quantitative estimate of drug-likeness (QED) is 0.554. The number of rotatable bonds is 1. The van der Waals surface area contributed by atoms with Crippen LogP contribution in [0.1, 0.15) is 22.3 Å². The highest BCUT2D eigenvalue weighted by molar-refractivity contribution is 5.70. The Balaban J connectivity index is 0.000000185.